The highest BCUT2D eigenvalue weighted by atomic mass is 35.5. The van der Waals surface area contributed by atoms with Crippen molar-refractivity contribution in [1.29, 1.82) is 0 Å². The Kier molecular flexibility index (Phi) is 2.72. The van der Waals surface area contributed by atoms with Gasteiger partial charge >= 0.3 is 0 Å². The molecule has 1 aliphatic rings. The predicted molar refractivity (Wildman–Crippen MR) is 81.3 cm³/mol. The number of fused-ring (bicyclic) bond motifs is 3. The van der Waals surface area contributed by atoms with Gasteiger partial charge < -0.3 is 5.32 Å². The largest absolute Gasteiger partial charge is 0.378 e. The number of nitrogens with zero attached hydrogens (tertiary/aromatic N) is 2. The van der Waals surface area contributed by atoms with Gasteiger partial charge in [-0.05, 0) is 42.5 Å². The summed E-state index contributed by atoms with van der Waals surface area (Å²) in [6, 6.07) is 12.1. The third kappa shape index (κ3) is 1.99. The molecule has 3 aromatic rings. The number of rotatable bonds is 1. The van der Waals surface area contributed by atoms with E-state index in [1.54, 1.807) is 18.5 Å². The Morgan fingerprint density at radius 1 is 1.14 bits per heavy atom. The van der Waals surface area contributed by atoms with Gasteiger partial charge in [0.05, 0.1) is 29.3 Å². The van der Waals surface area contributed by atoms with Crippen molar-refractivity contribution >= 4 is 17.3 Å². The van der Waals surface area contributed by atoms with Gasteiger partial charge in [0.1, 0.15) is 12.1 Å². The van der Waals surface area contributed by atoms with Gasteiger partial charge in [-0.1, -0.05) is 11.6 Å². The smallest absolute Gasteiger partial charge is 0.123 e. The number of imidazole rings is 1. The van der Waals surface area contributed by atoms with Gasteiger partial charge in [0.15, 0.2) is 0 Å². The van der Waals surface area contributed by atoms with Gasteiger partial charge in [-0.3, -0.25) is 4.57 Å². The third-order valence-electron chi connectivity index (χ3n) is 3.65. The van der Waals surface area contributed by atoms with Crippen LogP contribution in [0.2, 0.25) is 5.02 Å². The summed E-state index contributed by atoms with van der Waals surface area (Å²) >= 11 is 6.02. The Labute approximate surface area is 126 Å². The fourth-order valence-electron chi connectivity index (χ4n) is 2.64. The first kappa shape index (κ1) is 12.4. The van der Waals surface area contributed by atoms with E-state index in [1.807, 2.05) is 22.8 Å². The second-order valence-electron chi connectivity index (χ2n) is 4.93. The minimum Gasteiger partial charge on any atom is -0.378 e. The quantitative estimate of drug-likeness (QED) is 0.727. The van der Waals surface area contributed by atoms with Gasteiger partial charge in [-0.15, -0.1) is 0 Å². The van der Waals surface area contributed by atoms with Crippen LogP contribution in [0.4, 0.5) is 10.1 Å². The molecule has 0 radical (unpaired) electrons. The normalized spacial score (nSPS) is 12.5. The second kappa shape index (κ2) is 4.60. The van der Waals surface area contributed by atoms with Crippen molar-refractivity contribution in [3.63, 3.8) is 0 Å². The van der Waals surface area contributed by atoms with E-state index in [0.29, 0.717) is 11.6 Å². The van der Waals surface area contributed by atoms with E-state index < -0.39 is 0 Å². The molecular formula is C16H11ClFN3. The molecule has 0 atom stereocenters. The molecule has 4 rings (SSSR count). The Hall–Kier alpha value is -2.33. The second-order valence-corrected chi connectivity index (χ2v) is 5.37. The van der Waals surface area contributed by atoms with E-state index in [-0.39, 0.29) is 5.82 Å². The van der Waals surface area contributed by atoms with E-state index in [2.05, 4.69) is 10.3 Å². The molecule has 0 saturated heterocycles. The van der Waals surface area contributed by atoms with Crippen LogP contribution in [0.25, 0.3) is 16.9 Å². The topological polar surface area (TPSA) is 29.9 Å². The molecule has 0 aliphatic carbocycles. The van der Waals surface area contributed by atoms with Crippen molar-refractivity contribution in [2.24, 2.45) is 0 Å². The molecule has 3 nitrogen and oxygen atoms in total. The zero-order valence-electron chi connectivity index (χ0n) is 11.0. The lowest BCUT2D eigenvalue weighted by molar-refractivity contribution is 0.628. The molecule has 2 heterocycles. The molecule has 0 saturated carbocycles. The third-order valence-corrected chi connectivity index (χ3v) is 3.88. The van der Waals surface area contributed by atoms with Crippen molar-refractivity contribution < 1.29 is 4.39 Å². The van der Waals surface area contributed by atoms with Crippen LogP contribution in [-0.2, 0) is 6.54 Å². The standard InChI is InChI=1S/C16H11ClFN3/c17-11-3-6-14-13(7-11)19-8-15-16(20-9-21(14)15)10-1-4-12(18)5-2-10/h1-7,9,19H,8H2. The summed E-state index contributed by atoms with van der Waals surface area (Å²) in [6.45, 7) is 0.653. The van der Waals surface area contributed by atoms with Crippen molar-refractivity contribution in [1.82, 2.24) is 9.55 Å². The molecule has 0 spiro atoms. The summed E-state index contributed by atoms with van der Waals surface area (Å²) in [5.41, 5.74) is 4.82. The van der Waals surface area contributed by atoms with E-state index in [9.17, 15) is 4.39 Å². The average Bonchev–Trinajstić information content (AvgIpc) is 2.92. The van der Waals surface area contributed by atoms with Gasteiger partial charge in [0.2, 0.25) is 0 Å². The van der Waals surface area contributed by atoms with Crippen molar-refractivity contribution in [3.05, 3.63) is 65.3 Å². The van der Waals surface area contributed by atoms with E-state index in [4.69, 9.17) is 11.6 Å². The number of halogens is 2. The molecule has 0 amide bonds. The van der Waals surface area contributed by atoms with Crippen LogP contribution >= 0.6 is 11.6 Å². The summed E-state index contributed by atoms with van der Waals surface area (Å²) in [5.74, 6) is -0.245. The summed E-state index contributed by atoms with van der Waals surface area (Å²) in [4.78, 5) is 4.49. The van der Waals surface area contributed by atoms with Gasteiger partial charge in [0.25, 0.3) is 0 Å². The lowest BCUT2D eigenvalue weighted by Crippen LogP contribution is -2.14. The van der Waals surface area contributed by atoms with Crippen LogP contribution in [0.15, 0.2) is 48.8 Å². The highest BCUT2D eigenvalue weighted by molar-refractivity contribution is 6.31. The highest BCUT2D eigenvalue weighted by Crippen LogP contribution is 2.33. The van der Waals surface area contributed by atoms with Crippen LogP contribution in [0, 0.1) is 5.82 Å². The number of nitrogens with one attached hydrogen (secondary N) is 1. The number of aromatic nitrogens is 2. The maximum Gasteiger partial charge on any atom is 0.123 e. The van der Waals surface area contributed by atoms with Crippen LogP contribution in [0.5, 0.6) is 0 Å². The first-order chi connectivity index (χ1) is 10.2. The lowest BCUT2D eigenvalue weighted by Gasteiger charge is -2.21. The lowest BCUT2D eigenvalue weighted by atomic mass is 10.1. The Morgan fingerprint density at radius 2 is 1.95 bits per heavy atom. The molecule has 0 fully saturated rings. The first-order valence-corrected chi connectivity index (χ1v) is 6.96. The maximum atomic E-state index is 13.1. The summed E-state index contributed by atoms with van der Waals surface area (Å²) in [7, 11) is 0. The molecule has 1 aliphatic heterocycles. The molecule has 0 unspecified atom stereocenters. The van der Waals surface area contributed by atoms with Crippen molar-refractivity contribution in [2.75, 3.05) is 5.32 Å². The molecular weight excluding hydrogens is 289 g/mol. The molecule has 5 heteroatoms. The first-order valence-electron chi connectivity index (χ1n) is 6.58. The zero-order chi connectivity index (χ0) is 14.4. The highest BCUT2D eigenvalue weighted by Gasteiger charge is 2.20. The predicted octanol–water partition coefficient (Wildman–Crippen LogP) is 4.26. The summed E-state index contributed by atoms with van der Waals surface area (Å²) in [5, 5.41) is 4.05. The van der Waals surface area contributed by atoms with Crippen LogP contribution in [-0.4, -0.2) is 9.55 Å². The Bertz CT molecular complexity index is 811. The number of hydrogen-bond donors (Lipinski definition) is 1. The van der Waals surface area contributed by atoms with E-state index >= 15 is 0 Å². The van der Waals surface area contributed by atoms with Crippen molar-refractivity contribution in [3.8, 4) is 16.9 Å². The van der Waals surface area contributed by atoms with Gasteiger partial charge in [-0.25, -0.2) is 9.37 Å². The fourth-order valence-corrected chi connectivity index (χ4v) is 2.81. The summed E-state index contributed by atoms with van der Waals surface area (Å²) < 4.78 is 15.1. The Morgan fingerprint density at radius 3 is 2.76 bits per heavy atom. The van der Waals surface area contributed by atoms with Gasteiger partial charge in [0, 0.05) is 10.6 Å². The Balaban J connectivity index is 1.86. The SMILES string of the molecule is Fc1ccc(-c2ncn3c2CNc2cc(Cl)ccc2-3)cc1. The van der Waals surface area contributed by atoms with Crippen molar-refractivity contribution in [2.45, 2.75) is 6.54 Å². The molecule has 1 aromatic heterocycles. The minimum atomic E-state index is -0.245. The van der Waals surface area contributed by atoms with Crippen LogP contribution in [0.3, 0.4) is 0 Å². The molecule has 1 N–H and O–H groups in total. The molecule has 0 bridgehead atoms. The minimum absolute atomic E-state index is 0.245. The molecule has 104 valence electrons. The average molecular weight is 300 g/mol. The van der Waals surface area contributed by atoms with Gasteiger partial charge in [-0.2, -0.15) is 0 Å². The number of hydrogen-bond acceptors (Lipinski definition) is 2. The zero-order valence-corrected chi connectivity index (χ0v) is 11.7. The number of anilines is 1. The van der Waals surface area contributed by atoms with Crippen LogP contribution in [0.1, 0.15) is 5.69 Å². The maximum absolute atomic E-state index is 13.1. The molecule has 2 aromatic carbocycles. The van der Waals surface area contributed by atoms with E-state index in [0.717, 1.165) is 28.3 Å². The monoisotopic (exact) mass is 299 g/mol. The van der Waals surface area contributed by atoms with E-state index in [1.165, 1.54) is 12.1 Å². The summed E-state index contributed by atoms with van der Waals surface area (Å²) in [6.07, 6.45) is 1.79. The molecule has 21 heavy (non-hydrogen) atoms. The van der Waals surface area contributed by atoms with Crippen LogP contribution < -0.4 is 5.32 Å². The fraction of sp³-hybridized carbons (Fsp3) is 0.0625. The number of benzene rings is 2.